The van der Waals surface area contributed by atoms with Crippen molar-refractivity contribution in [2.45, 2.75) is 25.9 Å². The summed E-state index contributed by atoms with van der Waals surface area (Å²) < 4.78 is 105. The van der Waals surface area contributed by atoms with Crippen LogP contribution < -0.4 is 14.8 Å². The molecule has 2 aromatic heterocycles. The Bertz CT molecular complexity index is 1550. The number of carbonyl (C=O) groups is 1. The number of ether oxygens (including phenoxy) is 3. The summed E-state index contributed by atoms with van der Waals surface area (Å²) in [5.41, 5.74) is 2.37. The molecule has 0 amide bonds. The van der Waals surface area contributed by atoms with E-state index in [0.717, 1.165) is 12.1 Å². The highest BCUT2D eigenvalue weighted by Gasteiger charge is 2.32. The number of imidazole rings is 1. The van der Waals surface area contributed by atoms with Crippen LogP contribution in [0.3, 0.4) is 0 Å². The fraction of sp³-hybridized carbons (Fsp3) is 0.231. The number of alkyl halides is 6. The van der Waals surface area contributed by atoms with Gasteiger partial charge in [0.25, 0.3) is 0 Å². The summed E-state index contributed by atoms with van der Waals surface area (Å²) in [4.78, 5) is 16.3. The Labute approximate surface area is 222 Å². The lowest BCUT2D eigenvalue weighted by molar-refractivity contribution is -0.275. The third-order valence-corrected chi connectivity index (χ3v) is 5.60. The van der Waals surface area contributed by atoms with E-state index in [-0.39, 0.29) is 22.8 Å². The van der Waals surface area contributed by atoms with E-state index in [1.54, 1.807) is 25.1 Å². The average Bonchev–Trinajstić information content (AvgIpc) is 3.28. The first kappa shape index (κ1) is 28.5. The van der Waals surface area contributed by atoms with Crippen LogP contribution in [0.4, 0.5) is 36.4 Å². The maximum atomic E-state index is 14.2. The molecule has 0 saturated heterocycles. The molecule has 0 radical (unpaired) electrons. The number of aromatic nitrogens is 2. The summed E-state index contributed by atoms with van der Waals surface area (Å²) in [6, 6.07) is 8.63. The number of halogens is 7. The zero-order valence-electron chi connectivity index (χ0n) is 20.8. The number of rotatable bonds is 8. The number of aryl methyl sites for hydroxylation is 1. The number of esters is 1. The maximum absolute atomic E-state index is 14.2. The number of fused-ring (bicyclic) bond motifs is 1. The molecule has 0 atom stereocenters. The van der Waals surface area contributed by atoms with E-state index in [9.17, 15) is 35.5 Å². The molecule has 0 unspecified atom stereocenters. The second-order valence-corrected chi connectivity index (χ2v) is 8.48. The van der Waals surface area contributed by atoms with E-state index < -0.39 is 43.0 Å². The van der Waals surface area contributed by atoms with Gasteiger partial charge < -0.3 is 19.5 Å². The second-order valence-electron chi connectivity index (χ2n) is 8.48. The first-order valence-corrected chi connectivity index (χ1v) is 11.5. The van der Waals surface area contributed by atoms with Crippen molar-refractivity contribution in [2.24, 2.45) is 0 Å². The Morgan fingerprint density at radius 1 is 1.02 bits per heavy atom. The van der Waals surface area contributed by atoms with E-state index >= 15 is 0 Å². The molecule has 2 aromatic carbocycles. The molecule has 0 aliphatic rings. The summed E-state index contributed by atoms with van der Waals surface area (Å²) in [6.07, 6.45) is -7.78. The summed E-state index contributed by atoms with van der Waals surface area (Å²) in [6.45, 7) is 1.20. The molecule has 7 nitrogen and oxygen atoms in total. The molecule has 4 aromatic rings. The van der Waals surface area contributed by atoms with Crippen molar-refractivity contribution < 1.29 is 49.7 Å². The van der Waals surface area contributed by atoms with Gasteiger partial charge in [0.15, 0.2) is 17.2 Å². The molecule has 0 aliphatic heterocycles. The zero-order chi connectivity index (χ0) is 29.2. The first-order chi connectivity index (χ1) is 18.7. The highest BCUT2D eigenvalue weighted by Crippen LogP contribution is 2.34. The number of nitrogens with one attached hydrogen (secondary N) is 1. The molecule has 0 bridgehead atoms. The molecule has 0 saturated carbocycles. The number of pyridine rings is 1. The fourth-order valence-electron chi connectivity index (χ4n) is 3.85. The first-order valence-electron chi connectivity index (χ1n) is 11.5. The van der Waals surface area contributed by atoms with Crippen molar-refractivity contribution in [1.29, 1.82) is 0 Å². The third kappa shape index (κ3) is 6.74. The van der Waals surface area contributed by atoms with Crippen LogP contribution in [0.25, 0.3) is 16.9 Å². The van der Waals surface area contributed by atoms with Gasteiger partial charge in [0.2, 0.25) is 0 Å². The van der Waals surface area contributed by atoms with Gasteiger partial charge in [0.05, 0.1) is 42.9 Å². The number of methoxy groups -OCH3 is 1. The predicted octanol–water partition coefficient (Wildman–Crippen LogP) is 7.29. The van der Waals surface area contributed by atoms with Crippen LogP contribution in [-0.4, -0.2) is 41.5 Å². The smallest absolute Gasteiger partial charge is 0.465 e. The van der Waals surface area contributed by atoms with Crippen molar-refractivity contribution in [3.8, 4) is 28.5 Å². The summed E-state index contributed by atoms with van der Waals surface area (Å²) >= 11 is 0. The molecule has 212 valence electrons. The van der Waals surface area contributed by atoms with Crippen molar-refractivity contribution in [1.82, 2.24) is 9.38 Å². The van der Waals surface area contributed by atoms with Gasteiger partial charge in [0, 0.05) is 24.2 Å². The van der Waals surface area contributed by atoms with E-state index in [1.807, 2.05) is 0 Å². The molecular weight excluding hydrogens is 551 g/mol. The van der Waals surface area contributed by atoms with Crippen LogP contribution in [0.2, 0.25) is 0 Å². The highest BCUT2D eigenvalue weighted by atomic mass is 19.4. The SMILES string of the molecule is COC(=O)c1ccc(-c2cnc3c(NCCC(F)(F)F)cc(Oc4ccc(OC(F)(F)F)c(F)c4)cn23)cc1C. The van der Waals surface area contributed by atoms with Crippen molar-refractivity contribution in [3.05, 3.63) is 71.8 Å². The normalized spacial score (nSPS) is 11.9. The van der Waals surface area contributed by atoms with Crippen LogP contribution >= 0.6 is 0 Å². The molecule has 0 spiro atoms. The maximum Gasteiger partial charge on any atom is 0.573 e. The lowest BCUT2D eigenvalue weighted by Crippen LogP contribution is -2.17. The Morgan fingerprint density at radius 3 is 2.40 bits per heavy atom. The minimum absolute atomic E-state index is 0.00745. The standard InChI is InChI=1S/C26H20F7N3O4/c1-14-9-15(3-5-18(14)24(37)38-2)21-12-35-23-20(34-8-7-25(28,29)30)11-17(13-36(21)23)39-16-4-6-22(19(27)10-16)40-26(31,32)33/h3-6,9-13,34H,7-8H2,1-2H3. The Morgan fingerprint density at radius 2 is 1.77 bits per heavy atom. The third-order valence-electron chi connectivity index (χ3n) is 5.60. The molecule has 40 heavy (non-hydrogen) atoms. The number of hydrogen-bond acceptors (Lipinski definition) is 6. The summed E-state index contributed by atoms with van der Waals surface area (Å²) in [7, 11) is 1.25. The number of nitrogens with zero attached hydrogens (tertiary/aromatic N) is 2. The van der Waals surface area contributed by atoms with Crippen molar-refractivity contribution in [2.75, 3.05) is 19.0 Å². The van der Waals surface area contributed by atoms with Crippen molar-refractivity contribution >= 4 is 17.3 Å². The fourth-order valence-corrected chi connectivity index (χ4v) is 3.85. The molecule has 2 heterocycles. The largest absolute Gasteiger partial charge is 0.573 e. The number of anilines is 1. The van der Waals surface area contributed by atoms with Gasteiger partial charge in [-0.05, 0) is 36.8 Å². The molecule has 1 N–H and O–H groups in total. The van der Waals surface area contributed by atoms with Gasteiger partial charge >= 0.3 is 18.5 Å². The van der Waals surface area contributed by atoms with Gasteiger partial charge in [-0.2, -0.15) is 13.2 Å². The summed E-state index contributed by atoms with van der Waals surface area (Å²) in [5, 5.41) is 2.66. The van der Waals surface area contributed by atoms with Crippen molar-refractivity contribution in [3.63, 3.8) is 0 Å². The number of benzene rings is 2. The van der Waals surface area contributed by atoms with Crippen LogP contribution in [0, 0.1) is 12.7 Å². The molecule has 4 rings (SSSR count). The van der Waals surface area contributed by atoms with Crippen LogP contribution in [-0.2, 0) is 4.74 Å². The lowest BCUT2D eigenvalue weighted by Gasteiger charge is -2.15. The van der Waals surface area contributed by atoms with Gasteiger partial charge in [-0.15, -0.1) is 13.2 Å². The van der Waals surface area contributed by atoms with E-state index in [4.69, 9.17) is 9.47 Å². The topological polar surface area (TPSA) is 74.1 Å². The van der Waals surface area contributed by atoms with Gasteiger partial charge in [-0.3, -0.25) is 4.40 Å². The molecular formula is C26H20F7N3O4. The highest BCUT2D eigenvalue weighted by molar-refractivity contribution is 5.91. The van der Waals surface area contributed by atoms with Crippen LogP contribution in [0.1, 0.15) is 22.3 Å². The van der Waals surface area contributed by atoms with Crippen LogP contribution in [0.5, 0.6) is 17.2 Å². The van der Waals surface area contributed by atoms with Gasteiger partial charge in [-0.25, -0.2) is 14.2 Å². The minimum atomic E-state index is -5.10. The average molecular weight is 571 g/mol. The number of hydrogen-bond donors (Lipinski definition) is 1. The molecule has 0 fully saturated rings. The quantitative estimate of drug-likeness (QED) is 0.177. The Kier molecular flexibility index (Phi) is 7.80. The summed E-state index contributed by atoms with van der Waals surface area (Å²) in [5.74, 6) is -3.13. The van der Waals surface area contributed by atoms with Gasteiger partial charge in [0.1, 0.15) is 11.5 Å². The van der Waals surface area contributed by atoms with E-state index in [0.29, 0.717) is 28.5 Å². The van der Waals surface area contributed by atoms with Crippen LogP contribution in [0.15, 0.2) is 54.9 Å². The van der Waals surface area contributed by atoms with E-state index in [2.05, 4.69) is 15.0 Å². The zero-order valence-corrected chi connectivity index (χ0v) is 20.8. The number of carbonyl (C=O) groups excluding carboxylic acids is 1. The Hall–Kier alpha value is -4.49. The monoisotopic (exact) mass is 571 g/mol. The Balaban J connectivity index is 1.74. The molecule has 0 aliphatic carbocycles. The second kappa shape index (κ2) is 10.9. The predicted molar refractivity (Wildman–Crippen MR) is 129 cm³/mol. The lowest BCUT2D eigenvalue weighted by atomic mass is 10.0. The van der Waals surface area contributed by atoms with Gasteiger partial charge in [-0.1, -0.05) is 6.07 Å². The van der Waals surface area contributed by atoms with E-state index in [1.165, 1.54) is 30.0 Å². The minimum Gasteiger partial charge on any atom is -0.465 e. The molecule has 14 heteroatoms.